The minimum Gasteiger partial charge on any atom is -0.379 e. The van der Waals surface area contributed by atoms with Crippen molar-refractivity contribution in [3.63, 3.8) is 0 Å². The first-order valence-electron chi connectivity index (χ1n) is 4.10. The molecule has 1 aliphatic rings. The summed E-state index contributed by atoms with van der Waals surface area (Å²) in [6, 6.07) is 0.218. The lowest BCUT2D eigenvalue weighted by molar-refractivity contribution is 0.179. The minimum atomic E-state index is -0.0873. The molecule has 0 spiro atoms. The smallest absolute Gasteiger partial charge is 0.221 e. The number of rotatable bonds is 1. The van der Waals surface area contributed by atoms with Gasteiger partial charge < -0.3 is 21.1 Å². The molecule has 0 saturated carbocycles. The van der Waals surface area contributed by atoms with Crippen molar-refractivity contribution >= 4 is 11.9 Å². The summed E-state index contributed by atoms with van der Waals surface area (Å²) in [5.74, 6) is -0.00809. The van der Waals surface area contributed by atoms with Gasteiger partial charge in [0.1, 0.15) is 0 Å². The summed E-state index contributed by atoms with van der Waals surface area (Å²) >= 11 is 0. The Morgan fingerprint density at radius 3 is 2.77 bits per heavy atom. The van der Waals surface area contributed by atoms with Gasteiger partial charge in [0.15, 0.2) is 5.96 Å². The van der Waals surface area contributed by atoms with Gasteiger partial charge in [0.05, 0.1) is 12.6 Å². The highest BCUT2D eigenvalue weighted by molar-refractivity contribution is 5.91. The quantitative estimate of drug-likeness (QED) is 0.357. The normalized spacial score (nSPS) is 21.2. The fourth-order valence-electron chi connectivity index (χ4n) is 1.20. The highest BCUT2D eigenvalue weighted by Crippen LogP contribution is 2.10. The monoisotopic (exact) mass is 185 g/mol. The Balaban J connectivity index is 2.50. The summed E-state index contributed by atoms with van der Waals surface area (Å²) in [6.45, 7) is 1.38. The molecule has 0 aromatic heterocycles. The molecule has 0 aromatic carbocycles. The molecular weight excluding hydrogens is 170 g/mol. The zero-order valence-corrected chi connectivity index (χ0v) is 7.66. The van der Waals surface area contributed by atoms with E-state index in [1.807, 2.05) is 0 Å². The van der Waals surface area contributed by atoms with Crippen LogP contribution in [-0.4, -0.2) is 43.1 Å². The second-order valence-electron chi connectivity index (χ2n) is 2.99. The summed E-state index contributed by atoms with van der Waals surface area (Å²) in [4.78, 5) is 5.36. The standard InChI is InChI=1S/C7H15N5O/c1-12(5-2-3-13-4-5)7(10)11-6(8)9/h5H,2-4H2,1H3,(H5,8,9,10,11). The van der Waals surface area contributed by atoms with Gasteiger partial charge in [-0.1, -0.05) is 0 Å². The van der Waals surface area contributed by atoms with Crippen LogP contribution < -0.4 is 11.5 Å². The van der Waals surface area contributed by atoms with E-state index in [-0.39, 0.29) is 18.0 Å². The maximum Gasteiger partial charge on any atom is 0.221 e. The molecule has 1 aliphatic heterocycles. The number of likely N-dealkylation sites (N-methyl/N-ethyl adjacent to an activating group) is 1. The number of ether oxygens (including phenoxy) is 1. The SMILES string of the molecule is CN(C(=N)N=C(N)N)C1CCOC1. The number of nitrogens with two attached hydrogens (primary N) is 2. The molecule has 6 nitrogen and oxygen atoms in total. The molecule has 0 bridgehead atoms. The van der Waals surface area contributed by atoms with Crippen LogP contribution in [0, 0.1) is 5.41 Å². The highest BCUT2D eigenvalue weighted by Gasteiger charge is 2.21. The van der Waals surface area contributed by atoms with Gasteiger partial charge in [-0.2, -0.15) is 4.99 Å². The van der Waals surface area contributed by atoms with Crippen LogP contribution in [0.1, 0.15) is 6.42 Å². The highest BCUT2D eigenvalue weighted by atomic mass is 16.5. The van der Waals surface area contributed by atoms with Crippen molar-refractivity contribution in [1.29, 1.82) is 5.41 Å². The van der Waals surface area contributed by atoms with E-state index in [0.717, 1.165) is 13.0 Å². The average Bonchev–Trinajstić information content (AvgIpc) is 2.53. The second kappa shape index (κ2) is 4.08. The maximum absolute atomic E-state index is 7.51. The van der Waals surface area contributed by atoms with Crippen molar-refractivity contribution in [2.45, 2.75) is 12.5 Å². The van der Waals surface area contributed by atoms with E-state index in [4.69, 9.17) is 21.6 Å². The summed E-state index contributed by atoms with van der Waals surface area (Å²) in [7, 11) is 1.79. The predicted octanol–water partition coefficient (Wildman–Crippen LogP) is -1.08. The van der Waals surface area contributed by atoms with Gasteiger partial charge in [0, 0.05) is 13.7 Å². The van der Waals surface area contributed by atoms with Crippen molar-refractivity contribution in [3.05, 3.63) is 0 Å². The summed E-state index contributed by atoms with van der Waals surface area (Å²) < 4.78 is 5.18. The predicted molar refractivity (Wildman–Crippen MR) is 50.5 cm³/mol. The van der Waals surface area contributed by atoms with Crippen LogP contribution in [-0.2, 0) is 4.74 Å². The van der Waals surface area contributed by atoms with Crippen LogP contribution in [0.2, 0.25) is 0 Å². The number of aliphatic imine (C=N–C) groups is 1. The van der Waals surface area contributed by atoms with E-state index in [0.29, 0.717) is 6.61 Å². The zero-order valence-electron chi connectivity index (χ0n) is 7.66. The Morgan fingerprint density at radius 1 is 1.62 bits per heavy atom. The number of nitrogens with zero attached hydrogens (tertiary/aromatic N) is 2. The molecule has 6 heteroatoms. The lowest BCUT2D eigenvalue weighted by atomic mass is 10.2. The fraction of sp³-hybridized carbons (Fsp3) is 0.714. The van der Waals surface area contributed by atoms with Crippen molar-refractivity contribution in [2.75, 3.05) is 20.3 Å². The van der Waals surface area contributed by atoms with Crippen molar-refractivity contribution in [2.24, 2.45) is 16.5 Å². The van der Waals surface area contributed by atoms with Gasteiger partial charge in [-0.05, 0) is 6.42 Å². The first-order valence-corrected chi connectivity index (χ1v) is 4.10. The number of hydrogen-bond donors (Lipinski definition) is 3. The lowest BCUT2D eigenvalue weighted by Crippen LogP contribution is -2.38. The number of nitrogens with one attached hydrogen (secondary N) is 1. The number of hydrogen-bond acceptors (Lipinski definition) is 2. The zero-order chi connectivity index (χ0) is 9.84. The molecule has 74 valence electrons. The van der Waals surface area contributed by atoms with Crippen LogP contribution in [0.15, 0.2) is 4.99 Å². The molecule has 1 fully saturated rings. The molecule has 0 aromatic rings. The van der Waals surface area contributed by atoms with Gasteiger partial charge in [0.2, 0.25) is 5.96 Å². The van der Waals surface area contributed by atoms with E-state index >= 15 is 0 Å². The topological polar surface area (TPSA) is 101 Å². The first kappa shape index (κ1) is 9.79. The molecule has 0 radical (unpaired) electrons. The summed E-state index contributed by atoms with van der Waals surface area (Å²) in [5.41, 5.74) is 10.3. The Hall–Kier alpha value is -1.30. The van der Waals surface area contributed by atoms with Crippen LogP contribution in [0.3, 0.4) is 0 Å². The third-order valence-electron chi connectivity index (χ3n) is 2.02. The fourth-order valence-corrected chi connectivity index (χ4v) is 1.20. The Kier molecular flexibility index (Phi) is 3.07. The average molecular weight is 185 g/mol. The van der Waals surface area contributed by atoms with Crippen molar-refractivity contribution in [3.8, 4) is 0 Å². The molecular formula is C7H15N5O. The van der Waals surface area contributed by atoms with Gasteiger partial charge in [-0.15, -0.1) is 0 Å². The summed E-state index contributed by atoms with van der Waals surface area (Å²) in [5, 5.41) is 7.51. The van der Waals surface area contributed by atoms with E-state index in [9.17, 15) is 0 Å². The van der Waals surface area contributed by atoms with Crippen LogP contribution in [0.4, 0.5) is 0 Å². The Bertz CT molecular complexity index is 217. The summed E-state index contributed by atoms with van der Waals surface area (Å²) in [6.07, 6.45) is 0.916. The van der Waals surface area contributed by atoms with Crippen molar-refractivity contribution < 1.29 is 4.74 Å². The van der Waals surface area contributed by atoms with Gasteiger partial charge in [-0.3, -0.25) is 5.41 Å². The van der Waals surface area contributed by atoms with Crippen LogP contribution in [0.5, 0.6) is 0 Å². The molecule has 0 aliphatic carbocycles. The molecule has 13 heavy (non-hydrogen) atoms. The van der Waals surface area contributed by atoms with E-state index in [1.54, 1.807) is 11.9 Å². The molecule has 1 heterocycles. The molecule has 1 saturated heterocycles. The largest absolute Gasteiger partial charge is 0.379 e. The molecule has 0 amide bonds. The van der Waals surface area contributed by atoms with E-state index in [2.05, 4.69) is 4.99 Å². The Labute approximate surface area is 77.1 Å². The third-order valence-corrected chi connectivity index (χ3v) is 2.02. The third kappa shape index (κ3) is 2.59. The van der Waals surface area contributed by atoms with E-state index in [1.165, 1.54) is 0 Å². The van der Waals surface area contributed by atoms with Gasteiger partial charge in [-0.25, -0.2) is 0 Å². The van der Waals surface area contributed by atoms with Crippen LogP contribution >= 0.6 is 0 Å². The van der Waals surface area contributed by atoms with Crippen molar-refractivity contribution in [1.82, 2.24) is 4.90 Å². The van der Waals surface area contributed by atoms with Gasteiger partial charge in [0.25, 0.3) is 0 Å². The Morgan fingerprint density at radius 2 is 2.31 bits per heavy atom. The van der Waals surface area contributed by atoms with E-state index < -0.39 is 0 Å². The molecule has 5 N–H and O–H groups in total. The molecule has 1 unspecified atom stereocenters. The maximum atomic E-state index is 7.51. The molecule has 1 rings (SSSR count). The van der Waals surface area contributed by atoms with Crippen LogP contribution in [0.25, 0.3) is 0 Å². The molecule has 1 atom stereocenters. The minimum absolute atomic E-state index is 0.0792. The van der Waals surface area contributed by atoms with Gasteiger partial charge >= 0.3 is 0 Å². The lowest BCUT2D eigenvalue weighted by Gasteiger charge is -2.22. The number of guanidine groups is 2. The first-order chi connectivity index (χ1) is 6.11. The second-order valence-corrected chi connectivity index (χ2v) is 2.99.